The number of carbonyl (C=O) groups is 1. The maximum atomic E-state index is 12.9. The second kappa shape index (κ2) is 5.45. The van der Waals surface area contributed by atoms with Gasteiger partial charge in [-0.2, -0.15) is 0 Å². The Morgan fingerprint density at radius 2 is 1.70 bits per heavy atom. The molecule has 1 aliphatic rings. The minimum atomic E-state index is -0.330. The van der Waals surface area contributed by atoms with Crippen LogP contribution < -0.4 is 5.32 Å². The Bertz CT molecular complexity index is 590. The number of benzene rings is 2. The fourth-order valence-electron chi connectivity index (χ4n) is 2.39. The quantitative estimate of drug-likeness (QED) is 0.900. The lowest BCUT2D eigenvalue weighted by Crippen LogP contribution is -2.29. The highest BCUT2D eigenvalue weighted by Crippen LogP contribution is 2.41. The largest absolute Gasteiger partial charge is 0.345 e. The third-order valence-electron chi connectivity index (χ3n) is 3.65. The third kappa shape index (κ3) is 2.87. The van der Waals surface area contributed by atoms with Crippen LogP contribution in [0.1, 0.15) is 34.8 Å². The predicted octanol–water partition coefficient (Wildman–Crippen LogP) is 3.71. The van der Waals surface area contributed by atoms with E-state index in [-0.39, 0.29) is 17.8 Å². The van der Waals surface area contributed by atoms with Gasteiger partial charge in [-0.15, -0.1) is 0 Å². The molecule has 1 N–H and O–H groups in total. The monoisotopic (exact) mass is 269 g/mol. The number of carbonyl (C=O) groups excluding carboxylic acids is 1. The van der Waals surface area contributed by atoms with Crippen molar-refractivity contribution in [3.8, 4) is 0 Å². The first kappa shape index (κ1) is 12.9. The van der Waals surface area contributed by atoms with Crippen molar-refractivity contribution in [1.29, 1.82) is 0 Å². The van der Waals surface area contributed by atoms with Crippen LogP contribution in [0.15, 0.2) is 54.6 Å². The van der Waals surface area contributed by atoms with Gasteiger partial charge < -0.3 is 5.32 Å². The molecule has 0 saturated heterocycles. The van der Waals surface area contributed by atoms with Crippen molar-refractivity contribution in [2.75, 3.05) is 0 Å². The number of rotatable bonds is 4. The second-order valence-corrected chi connectivity index (χ2v) is 5.21. The molecule has 0 radical (unpaired) electrons. The van der Waals surface area contributed by atoms with Crippen LogP contribution in [-0.2, 0) is 0 Å². The molecule has 1 aliphatic carbocycles. The van der Waals surface area contributed by atoms with Gasteiger partial charge in [0.05, 0.1) is 6.04 Å². The van der Waals surface area contributed by atoms with Gasteiger partial charge in [0.25, 0.3) is 5.91 Å². The zero-order valence-corrected chi connectivity index (χ0v) is 11.1. The Hall–Kier alpha value is -2.16. The molecule has 3 heteroatoms. The van der Waals surface area contributed by atoms with Gasteiger partial charge >= 0.3 is 0 Å². The van der Waals surface area contributed by atoms with Crippen molar-refractivity contribution in [2.24, 2.45) is 5.92 Å². The molecule has 1 unspecified atom stereocenters. The summed E-state index contributed by atoms with van der Waals surface area (Å²) in [7, 11) is 0. The Kier molecular flexibility index (Phi) is 3.50. The van der Waals surface area contributed by atoms with E-state index < -0.39 is 0 Å². The summed E-state index contributed by atoms with van der Waals surface area (Å²) >= 11 is 0. The zero-order valence-electron chi connectivity index (χ0n) is 11.1. The normalized spacial score (nSPS) is 15.7. The molecule has 2 aromatic rings. The van der Waals surface area contributed by atoms with Crippen molar-refractivity contribution in [3.05, 3.63) is 71.5 Å². The number of hydrogen-bond acceptors (Lipinski definition) is 1. The minimum Gasteiger partial charge on any atom is -0.345 e. The molecule has 1 amide bonds. The smallest absolute Gasteiger partial charge is 0.251 e. The van der Waals surface area contributed by atoms with Gasteiger partial charge in [-0.25, -0.2) is 4.39 Å². The number of nitrogens with one attached hydrogen (secondary N) is 1. The van der Waals surface area contributed by atoms with E-state index in [2.05, 4.69) is 5.32 Å². The van der Waals surface area contributed by atoms with Crippen LogP contribution in [-0.4, -0.2) is 5.91 Å². The highest BCUT2D eigenvalue weighted by molar-refractivity contribution is 5.94. The molecule has 0 aliphatic heterocycles. The summed E-state index contributed by atoms with van der Waals surface area (Å²) in [5.41, 5.74) is 1.62. The van der Waals surface area contributed by atoms with Crippen LogP contribution >= 0.6 is 0 Å². The summed E-state index contributed by atoms with van der Waals surface area (Å²) in [6.45, 7) is 0. The molecule has 1 atom stereocenters. The van der Waals surface area contributed by atoms with E-state index in [1.165, 1.54) is 24.3 Å². The Labute approximate surface area is 117 Å². The Morgan fingerprint density at radius 3 is 2.30 bits per heavy atom. The van der Waals surface area contributed by atoms with E-state index in [1.54, 1.807) is 0 Å². The van der Waals surface area contributed by atoms with E-state index in [9.17, 15) is 9.18 Å². The first-order chi connectivity index (χ1) is 9.74. The molecule has 0 aromatic heterocycles. The summed E-state index contributed by atoms with van der Waals surface area (Å²) in [5.74, 6) is 0.0379. The van der Waals surface area contributed by atoms with Crippen LogP contribution in [0.2, 0.25) is 0 Å². The van der Waals surface area contributed by atoms with Gasteiger partial charge in [-0.1, -0.05) is 30.3 Å². The Morgan fingerprint density at radius 1 is 1.05 bits per heavy atom. The van der Waals surface area contributed by atoms with Crippen molar-refractivity contribution < 1.29 is 9.18 Å². The van der Waals surface area contributed by atoms with Crippen LogP contribution in [0.4, 0.5) is 4.39 Å². The molecule has 0 spiro atoms. The molecule has 3 rings (SSSR count). The van der Waals surface area contributed by atoms with Gasteiger partial charge in [0, 0.05) is 5.56 Å². The summed E-state index contributed by atoms with van der Waals surface area (Å²) in [6, 6.07) is 15.7. The fraction of sp³-hybridized carbons (Fsp3) is 0.235. The highest BCUT2D eigenvalue weighted by atomic mass is 19.1. The van der Waals surface area contributed by atoms with Crippen LogP contribution in [0.25, 0.3) is 0 Å². The molecule has 1 fully saturated rings. The van der Waals surface area contributed by atoms with Crippen molar-refractivity contribution in [2.45, 2.75) is 18.9 Å². The van der Waals surface area contributed by atoms with Crippen LogP contribution in [0, 0.1) is 11.7 Å². The summed E-state index contributed by atoms with van der Waals surface area (Å²) in [4.78, 5) is 12.2. The van der Waals surface area contributed by atoms with E-state index >= 15 is 0 Å². The van der Waals surface area contributed by atoms with Gasteiger partial charge in [-0.3, -0.25) is 4.79 Å². The maximum Gasteiger partial charge on any atom is 0.251 e. The van der Waals surface area contributed by atoms with Crippen LogP contribution in [0.3, 0.4) is 0 Å². The molecule has 20 heavy (non-hydrogen) atoms. The van der Waals surface area contributed by atoms with Crippen molar-refractivity contribution in [3.63, 3.8) is 0 Å². The van der Waals surface area contributed by atoms with Crippen molar-refractivity contribution in [1.82, 2.24) is 5.32 Å². The van der Waals surface area contributed by atoms with E-state index in [0.29, 0.717) is 11.5 Å². The molecule has 1 saturated carbocycles. The molecule has 2 aromatic carbocycles. The predicted molar refractivity (Wildman–Crippen MR) is 75.8 cm³/mol. The van der Waals surface area contributed by atoms with Gasteiger partial charge in [-0.05, 0) is 48.6 Å². The van der Waals surface area contributed by atoms with E-state index in [4.69, 9.17) is 0 Å². The fourth-order valence-corrected chi connectivity index (χ4v) is 2.39. The van der Waals surface area contributed by atoms with E-state index in [1.807, 2.05) is 30.3 Å². The number of halogens is 1. The van der Waals surface area contributed by atoms with Crippen molar-refractivity contribution >= 4 is 5.91 Å². The summed E-state index contributed by atoms with van der Waals surface area (Å²) < 4.78 is 12.9. The lowest BCUT2D eigenvalue weighted by Gasteiger charge is -2.18. The topological polar surface area (TPSA) is 29.1 Å². The highest BCUT2D eigenvalue weighted by Gasteiger charge is 2.33. The minimum absolute atomic E-state index is 0.0498. The SMILES string of the molecule is O=C(NC(c1ccccc1)C1CC1)c1ccc(F)cc1. The van der Waals surface area contributed by atoms with E-state index in [0.717, 1.165) is 18.4 Å². The number of hydrogen-bond donors (Lipinski definition) is 1. The standard InChI is InChI=1S/C17H16FNO/c18-15-10-8-14(9-11-15)17(20)19-16(13-6-7-13)12-4-2-1-3-5-12/h1-5,8-11,13,16H,6-7H2,(H,19,20). The molecule has 2 nitrogen and oxygen atoms in total. The number of amides is 1. The molecule has 0 heterocycles. The molecule has 102 valence electrons. The second-order valence-electron chi connectivity index (χ2n) is 5.21. The Balaban J connectivity index is 1.77. The average Bonchev–Trinajstić information content (AvgIpc) is 3.31. The van der Waals surface area contributed by atoms with Gasteiger partial charge in [0.2, 0.25) is 0 Å². The molecule has 0 bridgehead atoms. The third-order valence-corrected chi connectivity index (χ3v) is 3.65. The maximum absolute atomic E-state index is 12.9. The first-order valence-corrected chi connectivity index (χ1v) is 6.85. The molecular formula is C17H16FNO. The lowest BCUT2D eigenvalue weighted by molar-refractivity contribution is 0.0931. The lowest BCUT2D eigenvalue weighted by atomic mass is 10.0. The first-order valence-electron chi connectivity index (χ1n) is 6.85. The van der Waals surface area contributed by atoms with Gasteiger partial charge in [0.15, 0.2) is 0 Å². The zero-order chi connectivity index (χ0) is 13.9. The average molecular weight is 269 g/mol. The summed E-state index contributed by atoms with van der Waals surface area (Å²) in [5, 5.41) is 3.07. The van der Waals surface area contributed by atoms with Gasteiger partial charge in [0.1, 0.15) is 5.82 Å². The molecular weight excluding hydrogens is 253 g/mol. The van der Waals surface area contributed by atoms with Crippen LogP contribution in [0.5, 0.6) is 0 Å². The summed E-state index contributed by atoms with van der Waals surface area (Å²) in [6.07, 6.45) is 2.28.